The molecule has 102 valence electrons. The van der Waals surface area contributed by atoms with Crippen LogP contribution < -0.4 is 11.1 Å². The van der Waals surface area contributed by atoms with E-state index in [0.717, 1.165) is 38.5 Å². The third-order valence-corrected chi connectivity index (χ3v) is 4.36. The Morgan fingerprint density at radius 1 is 1.17 bits per heavy atom. The number of aliphatic carboxylic acids is 1. The SMILES string of the molecule is CC(NC(=O)C1CCC(N)CC1)(C(=O)O)C1CC1. The van der Waals surface area contributed by atoms with E-state index in [1.54, 1.807) is 6.92 Å². The molecule has 4 N–H and O–H groups in total. The fourth-order valence-electron chi connectivity index (χ4n) is 2.73. The number of hydrogen-bond donors (Lipinski definition) is 3. The Balaban J connectivity index is 1.95. The Labute approximate surface area is 107 Å². The first-order chi connectivity index (χ1) is 8.43. The molecular weight excluding hydrogens is 232 g/mol. The third kappa shape index (κ3) is 2.66. The quantitative estimate of drug-likeness (QED) is 0.694. The topological polar surface area (TPSA) is 92.4 Å². The maximum atomic E-state index is 12.1. The summed E-state index contributed by atoms with van der Waals surface area (Å²) in [6.07, 6.45) is 5.02. The molecule has 1 unspecified atom stereocenters. The van der Waals surface area contributed by atoms with Gasteiger partial charge in [0.15, 0.2) is 0 Å². The van der Waals surface area contributed by atoms with Crippen LogP contribution in [0.25, 0.3) is 0 Å². The van der Waals surface area contributed by atoms with Gasteiger partial charge in [-0.15, -0.1) is 0 Å². The molecule has 0 saturated heterocycles. The number of hydrogen-bond acceptors (Lipinski definition) is 3. The standard InChI is InChI=1S/C13H22N2O3/c1-13(12(17)18,9-4-5-9)15-11(16)8-2-6-10(14)7-3-8/h8-10H,2-7,14H2,1H3,(H,15,16)(H,17,18). The molecule has 5 heteroatoms. The highest BCUT2D eigenvalue weighted by atomic mass is 16.4. The summed E-state index contributed by atoms with van der Waals surface area (Å²) < 4.78 is 0. The van der Waals surface area contributed by atoms with Crippen molar-refractivity contribution < 1.29 is 14.7 Å². The molecule has 0 bridgehead atoms. The normalized spacial score (nSPS) is 31.4. The summed E-state index contributed by atoms with van der Waals surface area (Å²) in [5.74, 6) is -1.02. The van der Waals surface area contributed by atoms with Crippen LogP contribution in [0.15, 0.2) is 0 Å². The van der Waals surface area contributed by atoms with Crippen LogP contribution in [0, 0.1) is 11.8 Å². The molecule has 1 atom stereocenters. The Morgan fingerprint density at radius 2 is 1.72 bits per heavy atom. The van der Waals surface area contributed by atoms with Crippen molar-refractivity contribution >= 4 is 11.9 Å². The number of rotatable bonds is 4. The van der Waals surface area contributed by atoms with Crippen LogP contribution in [-0.4, -0.2) is 28.6 Å². The summed E-state index contributed by atoms with van der Waals surface area (Å²) in [7, 11) is 0. The van der Waals surface area contributed by atoms with Crippen molar-refractivity contribution in [1.29, 1.82) is 0 Å². The minimum absolute atomic E-state index is 0.0674. The maximum Gasteiger partial charge on any atom is 0.329 e. The average molecular weight is 254 g/mol. The lowest BCUT2D eigenvalue weighted by atomic mass is 9.85. The van der Waals surface area contributed by atoms with Gasteiger partial charge in [-0.1, -0.05) is 0 Å². The van der Waals surface area contributed by atoms with Crippen LogP contribution in [-0.2, 0) is 9.59 Å². The maximum absolute atomic E-state index is 12.1. The van der Waals surface area contributed by atoms with Crippen LogP contribution in [0.3, 0.4) is 0 Å². The lowest BCUT2D eigenvalue weighted by molar-refractivity contribution is -0.148. The lowest BCUT2D eigenvalue weighted by Gasteiger charge is -2.31. The summed E-state index contributed by atoms with van der Waals surface area (Å²) in [4.78, 5) is 23.5. The zero-order valence-electron chi connectivity index (χ0n) is 10.8. The van der Waals surface area contributed by atoms with E-state index in [9.17, 15) is 14.7 Å². The number of carboxylic acid groups (broad SMARTS) is 1. The fourth-order valence-corrected chi connectivity index (χ4v) is 2.73. The molecular formula is C13H22N2O3. The van der Waals surface area contributed by atoms with Crippen molar-refractivity contribution in [3.05, 3.63) is 0 Å². The first-order valence-corrected chi connectivity index (χ1v) is 6.74. The highest BCUT2D eigenvalue weighted by molar-refractivity contribution is 5.88. The molecule has 0 aliphatic heterocycles. The predicted octanol–water partition coefficient (Wildman–Crippen LogP) is 0.873. The average Bonchev–Trinajstić information content (AvgIpc) is 3.13. The molecule has 5 nitrogen and oxygen atoms in total. The van der Waals surface area contributed by atoms with Crippen molar-refractivity contribution in [2.24, 2.45) is 17.6 Å². The predicted molar refractivity (Wildman–Crippen MR) is 66.8 cm³/mol. The molecule has 0 radical (unpaired) electrons. The van der Waals surface area contributed by atoms with Gasteiger partial charge in [0.25, 0.3) is 0 Å². The van der Waals surface area contributed by atoms with Gasteiger partial charge in [0.05, 0.1) is 0 Å². The Morgan fingerprint density at radius 3 is 2.17 bits per heavy atom. The van der Waals surface area contributed by atoms with E-state index in [0.29, 0.717) is 0 Å². The summed E-state index contributed by atoms with van der Waals surface area (Å²) >= 11 is 0. The van der Waals surface area contributed by atoms with E-state index < -0.39 is 11.5 Å². The first-order valence-electron chi connectivity index (χ1n) is 6.74. The molecule has 2 rings (SSSR count). The van der Waals surface area contributed by atoms with Crippen LogP contribution in [0.5, 0.6) is 0 Å². The van der Waals surface area contributed by atoms with E-state index in [4.69, 9.17) is 5.73 Å². The summed E-state index contributed by atoms with van der Waals surface area (Å²) in [5.41, 5.74) is 4.72. The Hall–Kier alpha value is -1.10. The number of carbonyl (C=O) groups excluding carboxylic acids is 1. The van der Waals surface area contributed by atoms with E-state index in [2.05, 4.69) is 5.32 Å². The van der Waals surface area contributed by atoms with Crippen molar-refractivity contribution in [3.63, 3.8) is 0 Å². The lowest BCUT2D eigenvalue weighted by Crippen LogP contribution is -2.55. The Kier molecular flexibility index (Phi) is 3.61. The number of nitrogens with one attached hydrogen (secondary N) is 1. The summed E-state index contributed by atoms with van der Waals surface area (Å²) in [5, 5.41) is 12.1. The van der Waals surface area contributed by atoms with E-state index in [-0.39, 0.29) is 23.8 Å². The minimum atomic E-state index is -1.09. The van der Waals surface area contributed by atoms with Gasteiger partial charge in [-0.3, -0.25) is 4.79 Å². The molecule has 2 aliphatic carbocycles. The van der Waals surface area contributed by atoms with Crippen LogP contribution >= 0.6 is 0 Å². The smallest absolute Gasteiger partial charge is 0.329 e. The number of nitrogens with two attached hydrogens (primary N) is 1. The molecule has 2 aliphatic rings. The van der Waals surface area contributed by atoms with Gasteiger partial charge in [0.1, 0.15) is 5.54 Å². The molecule has 0 aromatic rings. The second-order valence-electron chi connectivity index (χ2n) is 5.88. The minimum Gasteiger partial charge on any atom is -0.480 e. The molecule has 0 aromatic carbocycles. The zero-order valence-corrected chi connectivity index (χ0v) is 10.8. The number of carboxylic acids is 1. The molecule has 18 heavy (non-hydrogen) atoms. The molecule has 2 saturated carbocycles. The molecule has 0 aromatic heterocycles. The van der Waals surface area contributed by atoms with Crippen molar-refractivity contribution in [2.45, 2.75) is 57.0 Å². The van der Waals surface area contributed by atoms with Crippen molar-refractivity contribution in [1.82, 2.24) is 5.32 Å². The first kappa shape index (κ1) is 13.3. The van der Waals surface area contributed by atoms with Crippen LogP contribution in [0.2, 0.25) is 0 Å². The zero-order chi connectivity index (χ0) is 13.3. The van der Waals surface area contributed by atoms with Gasteiger partial charge in [0, 0.05) is 12.0 Å². The number of carbonyl (C=O) groups is 2. The largest absolute Gasteiger partial charge is 0.480 e. The fraction of sp³-hybridized carbons (Fsp3) is 0.846. The second kappa shape index (κ2) is 4.88. The van der Waals surface area contributed by atoms with Gasteiger partial charge >= 0.3 is 5.97 Å². The molecule has 1 amide bonds. The monoisotopic (exact) mass is 254 g/mol. The Bertz CT molecular complexity index is 346. The summed E-state index contributed by atoms with van der Waals surface area (Å²) in [6.45, 7) is 1.62. The van der Waals surface area contributed by atoms with Crippen LogP contribution in [0.1, 0.15) is 45.4 Å². The van der Waals surface area contributed by atoms with E-state index in [1.807, 2.05) is 0 Å². The second-order valence-corrected chi connectivity index (χ2v) is 5.88. The van der Waals surface area contributed by atoms with Crippen molar-refractivity contribution in [2.75, 3.05) is 0 Å². The van der Waals surface area contributed by atoms with Gasteiger partial charge in [-0.05, 0) is 51.4 Å². The highest BCUT2D eigenvalue weighted by Crippen LogP contribution is 2.40. The van der Waals surface area contributed by atoms with Gasteiger partial charge in [-0.2, -0.15) is 0 Å². The van der Waals surface area contributed by atoms with Gasteiger partial charge < -0.3 is 16.2 Å². The van der Waals surface area contributed by atoms with Crippen molar-refractivity contribution in [3.8, 4) is 0 Å². The molecule has 0 spiro atoms. The summed E-state index contributed by atoms with van der Waals surface area (Å²) in [6, 6.07) is 0.198. The molecule has 2 fully saturated rings. The van der Waals surface area contributed by atoms with E-state index in [1.165, 1.54) is 0 Å². The highest BCUT2D eigenvalue weighted by Gasteiger charge is 2.49. The van der Waals surface area contributed by atoms with Crippen LogP contribution in [0.4, 0.5) is 0 Å². The molecule has 0 heterocycles. The van der Waals surface area contributed by atoms with Gasteiger partial charge in [0.2, 0.25) is 5.91 Å². The van der Waals surface area contributed by atoms with E-state index >= 15 is 0 Å². The number of amides is 1. The third-order valence-electron chi connectivity index (χ3n) is 4.36. The van der Waals surface area contributed by atoms with Gasteiger partial charge in [-0.25, -0.2) is 4.79 Å².